The van der Waals surface area contributed by atoms with Crippen molar-refractivity contribution in [2.24, 2.45) is 10.8 Å². The zero-order valence-corrected chi connectivity index (χ0v) is 60.0. The van der Waals surface area contributed by atoms with Gasteiger partial charge in [0, 0.05) is 0 Å². The Balaban J connectivity index is 1.33. The molecule has 0 aromatic carbocycles. The number of likely N-dealkylation sites (tertiary alicyclic amines) is 6. The molecule has 0 amide bonds. The summed E-state index contributed by atoms with van der Waals surface area (Å²) in [5.41, 5.74) is -2.09. The van der Waals surface area contributed by atoms with Gasteiger partial charge >= 0.3 is 0 Å². The van der Waals surface area contributed by atoms with E-state index in [1.807, 2.05) is 36.5 Å². The van der Waals surface area contributed by atoms with Crippen molar-refractivity contribution in [2.45, 2.75) is 152 Å². The van der Waals surface area contributed by atoms with Crippen molar-refractivity contribution in [3.63, 3.8) is 0 Å². The SMILES string of the molecule is C=CC[N+]1(CC(O)COCC(COCC(O)C[N+]2(CC=C)CCCCC2)(COCC(O)C[N+]2(CC=C)CCCCC2)COCC(COCC(O)C[N+]2(CC=C)CCCCC2)(COCC(O)C[N+]2(CC=C)CCCCC2)COCC(O)C[N+]2(CC=C)CCCCC2)CCCCC1. The van der Waals surface area contributed by atoms with Crippen molar-refractivity contribution in [3.05, 3.63) is 75.9 Å². The molecule has 6 aliphatic heterocycles. The molecule has 6 N–H and O–H groups in total. The molecule has 0 aromatic heterocycles. The monoisotopic (exact) mass is 1350 g/mol. The minimum absolute atomic E-state index is 0.0267. The first-order valence-corrected chi connectivity index (χ1v) is 37.8. The average Bonchev–Trinajstić information content (AvgIpc) is 1.82. The van der Waals surface area contributed by atoms with E-state index >= 15 is 0 Å². The number of aliphatic hydroxyl groups is 6. The van der Waals surface area contributed by atoms with Gasteiger partial charge in [-0.2, -0.15) is 0 Å². The van der Waals surface area contributed by atoms with Crippen LogP contribution in [0.4, 0.5) is 0 Å². The lowest BCUT2D eigenvalue weighted by molar-refractivity contribution is -0.930. The van der Waals surface area contributed by atoms with Crippen LogP contribution in [-0.2, 0) is 33.2 Å². The van der Waals surface area contributed by atoms with Crippen molar-refractivity contribution >= 4 is 0 Å². The Labute approximate surface area is 576 Å². The number of rotatable bonds is 52. The molecule has 548 valence electrons. The standard InChI is InChI=1S/C76H142N6O13/c1-7-31-77(37-19-13-20-38-77)49-69(83)55-89-61-75(62-90-56-70(84)50-78(32-8-2)39-21-14-22-40-78,63-91-57-71(85)51-79(33-9-3)41-23-15-24-42-79)67-95-68-76(64-92-58-72(86)52-80(34-10-4)43-25-16-26-44-80,65-93-59-73(87)53-81(35-11-5)45-27-17-28-46-81)66-94-60-74(88)54-82(36-12-6)47-29-18-30-48-82/h7-12,69-74,83-88H,1-6,13-68H2/q+6. The van der Waals surface area contributed by atoms with Crippen LogP contribution in [0, 0.1) is 10.8 Å². The lowest BCUT2D eigenvalue weighted by Gasteiger charge is -2.43. The van der Waals surface area contributed by atoms with Crippen LogP contribution in [-0.4, -0.2) is 344 Å². The third-order valence-corrected chi connectivity index (χ3v) is 22.4. The third-order valence-electron chi connectivity index (χ3n) is 22.4. The zero-order chi connectivity index (χ0) is 68.3. The Morgan fingerprint density at radius 1 is 0.232 bits per heavy atom. The predicted molar refractivity (Wildman–Crippen MR) is 379 cm³/mol. The molecule has 6 aliphatic rings. The molecule has 6 heterocycles. The number of piperidine rings is 6. The Morgan fingerprint density at radius 2 is 0.368 bits per heavy atom. The summed E-state index contributed by atoms with van der Waals surface area (Å²) in [6, 6.07) is 0. The summed E-state index contributed by atoms with van der Waals surface area (Å²) in [6.07, 6.45) is 27.4. The van der Waals surface area contributed by atoms with E-state index in [1.54, 1.807) is 0 Å². The lowest BCUT2D eigenvalue weighted by Crippen LogP contribution is -2.56. The van der Waals surface area contributed by atoms with Crippen LogP contribution in [0.15, 0.2) is 75.9 Å². The highest BCUT2D eigenvalue weighted by Crippen LogP contribution is 2.30. The van der Waals surface area contributed by atoms with Gasteiger partial charge in [-0.1, -0.05) is 39.5 Å². The minimum atomic E-state index is -1.04. The van der Waals surface area contributed by atoms with E-state index in [4.69, 9.17) is 33.2 Å². The van der Waals surface area contributed by atoms with Gasteiger partial charge in [0.1, 0.15) is 75.9 Å². The number of hydrogen-bond donors (Lipinski definition) is 6. The summed E-state index contributed by atoms with van der Waals surface area (Å²) < 4.78 is 52.2. The molecular weight excluding hydrogens is 1200 g/mol. The molecule has 0 saturated carbocycles. The van der Waals surface area contributed by atoms with E-state index in [0.717, 1.165) is 222 Å². The summed E-state index contributed by atoms with van der Waals surface area (Å²) in [6.45, 7) is 44.9. The second-order valence-corrected chi connectivity index (χ2v) is 31.5. The Kier molecular flexibility index (Phi) is 36.8. The molecule has 6 rings (SSSR count). The van der Waals surface area contributed by atoms with Gasteiger partial charge in [0.05, 0.1) is 221 Å². The van der Waals surface area contributed by atoms with Crippen LogP contribution < -0.4 is 0 Å². The molecule has 0 bridgehead atoms. The van der Waals surface area contributed by atoms with E-state index in [0.29, 0.717) is 39.3 Å². The highest BCUT2D eigenvalue weighted by Gasteiger charge is 2.42. The van der Waals surface area contributed by atoms with Crippen LogP contribution in [0.3, 0.4) is 0 Å². The number of aliphatic hydroxyl groups excluding tert-OH is 6. The Bertz CT molecular complexity index is 1770. The van der Waals surface area contributed by atoms with Gasteiger partial charge in [-0.05, 0) is 152 Å². The Morgan fingerprint density at radius 3 is 0.505 bits per heavy atom. The summed E-state index contributed by atoms with van der Waals surface area (Å²) in [4.78, 5) is 0. The molecule has 6 unspecified atom stereocenters. The number of quaternary nitrogens is 6. The fourth-order valence-corrected chi connectivity index (χ4v) is 17.8. The first-order valence-electron chi connectivity index (χ1n) is 37.8. The van der Waals surface area contributed by atoms with Crippen LogP contribution in [0.1, 0.15) is 116 Å². The van der Waals surface area contributed by atoms with Gasteiger partial charge in [-0.3, -0.25) is 0 Å². The molecule has 0 spiro atoms. The van der Waals surface area contributed by atoms with Gasteiger partial charge in [0.15, 0.2) is 0 Å². The molecular formula is C76H142N6O13+6. The second-order valence-electron chi connectivity index (χ2n) is 31.5. The van der Waals surface area contributed by atoms with Crippen LogP contribution in [0.2, 0.25) is 0 Å². The maximum atomic E-state index is 11.9. The third kappa shape index (κ3) is 28.2. The predicted octanol–water partition coefficient (Wildman–Crippen LogP) is 6.36. The quantitative estimate of drug-likeness (QED) is 0.0292. The molecule has 0 aromatic rings. The number of hydrogen-bond acceptors (Lipinski definition) is 13. The summed E-state index contributed by atoms with van der Waals surface area (Å²) in [5, 5.41) is 71.5. The van der Waals surface area contributed by atoms with Gasteiger partial charge in [-0.15, -0.1) is 0 Å². The number of nitrogens with zero attached hydrogens (tertiary/aromatic N) is 6. The fourth-order valence-electron chi connectivity index (χ4n) is 17.8. The topological polar surface area (TPSA) is 186 Å². The summed E-state index contributed by atoms with van der Waals surface area (Å²) in [7, 11) is 0. The molecule has 0 aliphatic carbocycles. The fraction of sp³-hybridized carbons (Fsp3) is 0.842. The first-order chi connectivity index (χ1) is 45.9. The molecule has 6 fully saturated rings. The van der Waals surface area contributed by atoms with Crippen LogP contribution in [0.25, 0.3) is 0 Å². The lowest BCUT2D eigenvalue weighted by atomic mass is 9.90. The summed E-state index contributed by atoms with van der Waals surface area (Å²) in [5.74, 6) is 0. The molecule has 0 radical (unpaired) electrons. The summed E-state index contributed by atoms with van der Waals surface area (Å²) >= 11 is 0. The van der Waals surface area contributed by atoms with Gasteiger partial charge in [-0.25, -0.2) is 0 Å². The highest BCUT2D eigenvalue weighted by atomic mass is 16.5. The van der Waals surface area contributed by atoms with Gasteiger partial charge in [0.2, 0.25) is 0 Å². The molecule has 95 heavy (non-hydrogen) atoms. The van der Waals surface area contributed by atoms with Crippen molar-refractivity contribution < 1.29 is 90.7 Å². The smallest absolute Gasteiger partial charge is 0.126 e. The van der Waals surface area contributed by atoms with Crippen molar-refractivity contribution in [3.8, 4) is 0 Å². The molecule has 6 saturated heterocycles. The Hall–Kier alpha value is -2.32. The maximum Gasteiger partial charge on any atom is 0.126 e. The van der Waals surface area contributed by atoms with Crippen molar-refractivity contribution in [1.29, 1.82) is 0 Å². The van der Waals surface area contributed by atoms with Crippen molar-refractivity contribution in [2.75, 3.05) is 250 Å². The first kappa shape index (κ1) is 81.6. The van der Waals surface area contributed by atoms with E-state index in [-0.39, 0.29) is 92.5 Å². The van der Waals surface area contributed by atoms with Gasteiger partial charge in [0.25, 0.3) is 0 Å². The molecule has 19 nitrogen and oxygen atoms in total. The van der Waals surface area contributed by atoms with E-state index in [2.05, 4.69) is 39.5 Å². The average molecular weight is 1350 g/mol. The van der Waals surface area contributed by atoms with E-state index in [1.165, 1.54) is 38.5 Å². The number of ether oxygens (including phenoxy) is 7. The maximum absolute atomic E-state index is 11.9. The normalized spacial score (nSPS) is 24.1. The molecule has 19 heteroatoms. The van der Waals surface area contributed by atoms with Crippen LogP contribution >= 0.6 is 0 Å². The van der Waals surface area contributed by atoms with Crippen molar-refractivity contribution in [1.82, 2.24) is 0 Å². The van der Waals surface area contributed by atoms with E-state index in [9.17, 15) is 30.6 Å². The van der Waals surface area contributed by atoms with Gasteiger partial charge < -0.3 is 90.7 Å². The largest absolute Gasteiger partial charge is 0.385 e. The highest BCUT2D eigenvalue weighted by molar-refractivity contribution is 4.86. The van der Waals surface area contributed by atoms with E-state index < -0.39 is 47.5 Å². The van der Waals surface area contributed by atoms with Crippen LogP contribution in [0.5, 0.6) is 0 Å². The second kappa shape index (κ2) is 42.8. The molecule has 6 atom stereocenters. The minimum Gasteiger partial charge on any atom is -0.385 e. The zero-order valence-electron chi connectivity index (χ0n) is 60.0.